The molecule has 0 spiro atoms. The zero-order valence-electron chi connectivity index (χ0n) is 8.24. The molecule has 0 aliphatic carbocycles. The summed E-state index contributed by atoms with van der Waals surface area (Å²) in [5.41, 5.74) is 0. The van der Waals surface area contributed by atoms with Crippen LogP contribution < -0.4 is 0 Å². The van der Waals surface area contributed by atoms with E-state index in [9.17, 15) is 4.57 Å². The Morgan fingerprint density at radius 2 is 1.50 bits per heavy atom. The molecule has 1 unspecified atom stereocenters. The van der Waals surface area contributed by atoms with Gasteiger partial charge in [0.2, 0.25) is 8.32 Å². The van der Waals surface area contributed by atoms with E-state index in [1.165, 1.54) is 0 Å². The van der Waals surface area contributed by atoms with Gasteiger partial charge in [-0.25, -0.2) is 0 Å². The van der Waals surface area contributed by atoms with Crippen molar-refractivity contribution in [3.05, 3.63) is 38.0 Å². The summed E-state index contributed by atoms with van der Waals surface area (Å²) < 4.78 is 15.9. The molecule has 0 aromatic heterocycles. The van der Waals surface area contributed by atoms with E-state index in [0.29, 0.717) is 18.1 Å². The quantitative estimate of drug-likeness (QED) is 0.397. The van der Waals surface area contributed by atoms with Crippen molar-refractivity contribution >= 4 is 16.6 Å². The van der Waals surface area contributed by atoms with Crippen LogP contribution in [0.4, 0.5) is 0 Å². The second-order valence-electron chi connectivity index (χ2n) is 3.03. The summed E-state index contributed by atoms with van der Waals surface area (Å²) in [6.45, 7) is 10.9. The van der Waals surface area contributed by atoms with Gasteiger partial charge in [-0.05, 0) is 18.1 Å². The van der Waals surface area contributed by atoms with Crippen LogP contribution in [0, 0.1) is 0 Å². The molecule has 0 radical (unpaired) electrons. The first-order valence-electron chi connectivity index (χ1n) is 4.35. The fourth-order valence-electron chi connectivity index (χ4n) is 1.35. The molecule has 14 heavy (non-hydrogen) atoms. The molecule has 0 saturated heterocycles. The molecule has 5 heteroatoms. The first-order valence-corrected chi connectivity index (χ1v) is 8.14. The summed E-state index contributed by atoms with van der Waals surface area (Å²) in [5.74, 6) is 0. The Balaban J connectivity index is 4.69. The molecule has 0 amide bonds. The van der Waals surface area contributed by atoms with E-state index in [2.05, 4.69) is 19.7 Å². The maximum atomic E-state index is 10.7. The zero-order valence-corrected chi connectivity index (χ0v) is 10.2. The van der Waals surface area contributed by atoms with Crippen molar-refractivity contribution in [1.82, 2.24) is 0 Å². The van der Waals surface area contributed by atoms with Gasteiger partial charge >= 0.3 is 8.25 Å². The minimum Gasteiger partial charge on any atom is -0.351 e. The zero-order chi connectivity index (χ0) is 11.0. The maximum Gasteiger partial charge on any atom is 0.306 e. The Kier molecular flexibility index (Phi) is 6.75. The Labute approximate surface area is 86.9 Å². The molecule has 1 atom stereocenters. The fourth-order valence-corrected chi connectivity index (χ4v) is 5.91. The topological polar surface area (TPSA) is 46.5 Å². The number of hydrogen-bond acceptors (Lipinski definition) is 2. The van der Waals surface area contributed by atoms with Crippen LogP contribution >= 0.6 is 8.25 Å². The van der Waals surface area contributed by atoms with Crippen molar-refractivity contribution in [3.8, 4) is 0 Å². The molecule has 0 rings (SSSR count). The van der Waals surface area contributed by atoms with Gasteiger partial charge in [0.05, 0.1) is 0 Å². The fraction of sp³-hybridized carbons (Fsp3) is 0.333. The molecule has 0 aliphatic rings. The van der Waals surface area contributed by atoms with Crippen LogP contribution in [0.15, 0.2) is 38.0 Å². The highest BCUT2D eigenvalue weighted by Crippen LogP contribution is 2.33. The van der Waals surface area contributed by atoms with E-state index >= 15 is 0 Å². The molecule has 0 bridgehead atoms. The Morgan fingerprint density at radius 1 is 1.14 bits per heavy atom. The molecule has 0 fully saturated rings. The highest BCUT2D eigenvalue weighted by molar-refractivity contribution is 7.34. The minimum atomic E-state index is -2.89. The smallest absolute Gasteiger partial charge is 0.306 e. The van der Waals surface area contributed by atoms with E-state index in [-0.39, 0.29) is 0 Å². The average molecular weight is 232 g/mol. The van der Waals surface area contributed by atoms with Crippen molar-refractivity contribution in [3.63, 3.8) is 0 Å². The highest BCUT2D eigenvalue weighted by atomic mass is 31.1. The molecular formula is C9H17O3PSi. The first kappa shape index (κ1) is 13.6. The van der Waals surface area contributed by atoms with Crippen molar-refractivity contribution in [2.75, 3.05) is 0 Å². The second-order valence-corrected chi connectivity index (χ2v) is 7.97. The lowest BCUT2D eigenvalue weighted by molar-refractivity contribution is 0.405. The third-order valence-electron chi connectivity index (χ3n) is 1.85. The lowest BCUT2D eigenvalue weighted by Gasteiger charge is -2.26. The molecule has 0 aromatic carbocycles. The van der Waals surface area contributed by atoms with E-state index in [1.807, 2.05) is 0 Å². The van der Waals surface area contributed by atoms with Gasteiger partial charge in [0.1, 0.15) is 0 Å². The van der Waals surface area contributed by atoms with Crippen molar-refractivity contribution in [2.45, 2.75) is 18.1 Å². The van der Waals surface area contributed by atoms with Crippen LogP contribution in [-0.2, 0) is 8.78 Å². The van der Waals surface area contributed by atoms with E-state index in [1.54, 1.807) is 18.2 Å². The van der Waals surface area contributed by atoms with Crippen molar-refractivity contribution in [2.24, 2.45) is 0 Å². The third kappa shape index (κ3) is 4.72. The van der Waals surface area contributed by atoms with Crippen LogP contribution in [0.3, 0.4) is 0 Å². The predicted octanol–water partition coefficient (Wildman–Crippen LogP) is 2.89. The largest absolute Gasteiger partial charge is 0.351 e. The normalized spacial score (nSPS) is 13.2. The lowest BCUT2D eigenvalue weighted by atomic mass is 10.7. The van der Waals surface area contributed by atoms with E-state index in [0.717, 1.165) is 0 Å². The van der Waals surface area contributed by atoms with Gasteiger partial charge in [-0.15, -0.1) is 19.7 Å². The maximum absolute atomic E-state index is 10.7. The second kappa shape index (κ2) is 6.96. The van der Waals surface area contributed by atoms with Gasteiger partial charge < -0.3 is 9.11 Å². The average Bonchev–Trinajstić information content (AvgIpc) is 2.03. The summed E-state index contributed by atoms with van der Waals surface area (Å²) in [5, 5.41) is 0. The summed E-state index contributed by atoms with van der Waals surface area (Å²) in [7, 11) is -5.12. The minimum absolute atomic E-state index is 0.641. The Hall–Kier alpha value is -0.413. The lowest BCUT2D eigenvalue weighted by Crippen LogP contribution is -2.33. The van der Waals surface area contributed by atoms with Crippen molar-refractivity contribution < 1.29 is 13.7 Å². The molecular weight excluding hydrogens is 215 g/mol. The van der Waals surface area contributed by atoms with Gasteiger partial charge in [0, 0.05) is 0 Å². The summed E-state index contributed by atoms with van der Waals surface area (Å²) >= 11 is 0. The third-order valence-corrected chi connectivity index (χ3v) is 7.38. The van der Waals surface area contributed by atoms with Gasteiger partial charge in [0.25, 0.3) is 0 Å². The predicted molar refractivity (Wildman–Crippen MR) is 63.1 cm³/mol. The number of hydrogen-bond donors (Lipinski definition) is 1. The van der Waals surface area contributed by atoms with Crippen LogP contribution in [0.25, 0.3) is 0 Å². The van der Waals surface area contributed by atoms with Gasteiger partial charge in [-0.1, -0.05) is 18.2 Å². The first-order chi connectivity index (χ1) is 6.60. The summed E-state index contributed by atoms with van der Waals surface area (Å²) in [6, 6.07) is 1.92. The van der Waals surface area contributed by atoms with E-state index in [4.69, 9.17) is 9.11 Å². The van der Waals surface area contributed by atoms with Gasteiger partial charge in [0.15, 0.2) is 0 Å². The van der Waals surface area contributed by atoms with Crippen LogP contribution in [0.5, 0.6) is 0 Å². The molecule has 1 N–H and O–H groups in total. The highest BCUT2D eigenvalue weighted by Gasteiger charge is 2.32. The molecule has 0 aromatic rings. The standard InChI is InChI=1S/C9H17O3PSi/c1-4-7-14(8-5-2,9-6-3)12-13(10)11/h4-6,13H,1-3,7-9H2,(H,10,11). The van der Waals surface area contributed by atoms with Crippen LogP contribution in [0.2, 0.25) is 18.1 Å². The van der Waals surface area contributed by atoms with Gasteiger partial charge in [-0.3, -0.25) is 4.57 Å². The molecule has 0 aliphatic heterocycles. The van der Waals surface area contributed by atoms with E-state index < -0.39 is 16.6 Å². The van der Waals surface area contributed by atoms with Crippen LogP contribution in [-0.4, -0.2) is 13.2 Å². The monoisotopic (exact) mass is 232 g/mol. The van der Waals surface area contributed by atoms with Gasteiger partial charge in [-0.2, -0.15) is 0 Å². The van der Waals surface area contributed by atoms with Crippen molar-refractivity contribution in [1.29, 1.82) is 0 Å². The van der Waals surface area contributed by atoms with Crippen LogP contribution in [0.1, 0.15) is 0 Å². The number of rotatable bonds is 8. The molecule has 80 valence electrons. The Bertz CT molecular complexity index is 214. The number of allylic oxidation sites excluding steroid dienone is 3. The molecule has 0 saturated carbocycles. The summed E-state index contributed by atoms with van der Waals surface area (Å²) in [4.78, 5) is 8.82. The SMILES string of the molecule is C=CC[Si](CC=C)(CC=C)O[PH](=O)O. The summed E-state index contributed by atoms with van der Waals surface area (Å²) in [6.07, 6.45) is 5.18. The Morgan fingerprint density at radius 3 is 1.71 bits per heavy atom. The molecule has 3 nitrogen and oxygen atoms in total. The molecule has 0 heterocycles.